The summed E-state index contributed by atoms with van der Waals surface area (Å²) < 4.78 is 49.6. The van der Waals surface area contributed by atoms with Gasteiger partial charge in [0.05, 0.1) is 12.2 Å². The number of pyridine rings is 1. The molecular weight excluding hydrogens is 697 g/mol. The summed E-state index contributed by atoms with van der Waals surface area (Å²) >= 11 is 6.94. The van der Waals surface area contributed by atoms with Crippen LogP contribution >= 0.6 is 28.6 Å². The number of halogens is 4. The molecule has 5 rings (SSSR count). The lowest BCUT2D eigenvalue weighted by atomic mass is 9.90. The number of aromatic nitrogens is 3. The lowest BCUT2D eigenvalue weighted by molar-refractivity contribution is -0.304. The highest BCUT2D eigenvalue weighted by Crippen LogP contribution is 2.35. The molecule has 256 valence electrons. The van der Waals surface area contributed by atoms with Crippen molar-refractivity contribution >= 4 is 45.8 Å². The quantitative estimate of drug-likeness (QED) is 0.209. The molecule has 0 saturated carbocycles. The number of carbonyl (C=O) groups excluding carboxylic acids is 1. The Morgan fingerprint density at radius 1 is 1.09 bits per heavy atom. The van der Waals surface area contributed by atoms with Crippen LogP contribution < -0.4 is 5.56 Å². The zero-order chi connectivity index (χ0) is 35.1. The number of amides is 1. The molecule has 1 aromatic carbocycles. The Morgan fingerprint density at radius 2 is 1.72 bits per heavy atom. The van der Waals surface area contributed by atoms with E-state index in [1.54, 1.807) is 57.2 Å². The number of rotatable bonds is 5. The molecule has 8 nitrogen and oxygen atoms in total. The third kappa shape index (κ3) is 10.3. The number of aryl methyl sites for hydroxylation is 2. The highest BCUT2D eigenvalue weighted by molar-refractivity contribution is 9.08. The van der Waals surface area contributed by atoms with Crippen molar-refractivity contribution in [3.63, 3.8) is 0 Å². The maximum absolute atomic E-state index is 13.6. The summed E-state index contributed by atoms with van der Waals surface area (Å²) in [5.41, 5.74) is 4.26. The van der Waals surface area contributed by atoms with E-state index < -0.39 is 18.1 Å². The third-order valence-corrected chi connectivity index (χ3v) is 8.12. The molecule has 1 saturated heterocycles. The average molecular weight is 740 g/mol. The number of piperidine rings is 1. The van der Waals surface area contributed by atoms with Gasteiger partial charge in [0.25, 0.3) is 5.56 Å². The summed E-state index contributed by atoms with van der Waals surface area (Å²) in [5, 5.41) is 0.958. The first kappa shape index (κ1) is 38.1. The molecule has 2 aliphatic rings. The predicted molar refractivity (Wildman–Crippen MR) is 185 cm³/mol. The fraction of sp³-hybridized carbons (Fsp3) is 0.471. The van der Waals surface area contributed by atoms with E-state index in [1.165, 1.54) is 22.6 Å². The summed E-state index contributed by atoms with van der Waals surface area (Å²) in [5.74, 6) is -0.423. The molecule has 1 aliphatic heterocycles. The van der Waals surface area contributed by atoms with Gasteiger partial charge in [0.1, 0.15) is 16.9 Å². The topological polar surface area (TPSA) is 86.6 Å². The van der Waals surface area contributed by atoms with E-state index >= 15 is 0 Å². The minimum absolute atomic E-state index is 0.124. The lowest BCUT2D eigenvalue weighted by Gasteiger charge is -2.33. The number of likely N-dealkylation sites (tertiary alicyclic amines) is 1. The molecule has 0 spiro atoms. The standard InChI is InChI=1S/C25H29F3N4O4.C8H9Br.CH4S/c1-14-10-17(20(14)35-25(26,27)28)13-32-21-19(29-12-15(2)30-21)11-18(22(32)33)16-6-8-31(9-7-16)23(34)36-24(3,4)5;1-7-4-2-3-5-8(7)6-9;1-2/h10-12,16H,6-9,13H2,1-5H3;2-5H,6H2,1H3;2H,1H3. The summed E-state index contributed by atoms with van der Waals surface area (Å²) in [7, 11) is 0. The van der Waals surface area contributed by atoms with Gasteiger partial charge in [0.2, 0.25) is 0 Å². The largest absolute Gasteiger partial charge is 0.573 e. The van der Waals surface area contributed by atoms with Gasteiger partial charge in [-0.1, -0.05) is 40.2 Å². The lowest BCUT2D eigenvalue weighted by Crippen LogP contribution is -2.42. The second kappa shape index (κ2) is 16.2. The first-order chi connectivity index (χ1) is 22.1. The van der Waals surface area contributed by atoms with Crippen LogP contribution in [0.15, 0.2) is 64.3 Å². The fourth-order valence-corrected chi connectivity index (χ4v) is 5.88. The Hall–Kier alpha value is -3.32. The van der Waals surface area contributed by atoms with Crippen LogP contribution in [0.2, 0.25) is 0 Å². The number of thiol groups is 1. The van der Waals surface area contributed by atoms with Gasteiger partial charge in [-0.2, -0.15) is 12.6 Å². The zero-order valence-electron chi connectivity index (χ0n) is 27.7. The Bertz CT molecular complexity index is 1690. The SMILES string of the molecule is CC1=CC(Cn2c(=O)c(C3CCN(C(=O)OC(C)(C)C)CC3)cc3ncc(C)nc32)=C1OC(F)(F)F.CS.Cc1ccccc1CBr. The zero-order valence-corrected chi connectivity index (χ0v) is 30.2. The van der Waals surface area contributed by atoms with E-state index in [1.807, 2.05) is 0 Å². The van der Waals surface area contributed by atoms with Gasteiger partial charge in [0.15, 0.2) is 5.65 Å². The van der Waals surface area contributed by atoms with E-state index in [4.69, 9.17) is 4.74 Å². The Labute approximate surface area is 287 Å². The number of alkyl halides is 4. The highest BCUT2D eigenvalue weighted by Gasteiger charge is 2.36. The van der Waals surface area contributed by atoms with E-state index in [2.05, 4.69) is 74.5 Å². The van der Waals surface area contributed by atoms with Crippen molar-refractivity contribution in [2.75, 3.05) is 19.3 Å². The number of carbonyl (C=O) groups is 1. The molecule has 0 bridgehead atoms. The van der Waals surface area contributed by atoms with Gasteiger partial charge in [-0.3, -0.25) is 14.3 Å². The molecule has 0 N–H and O–H groups in total. The van der Waals surface area contributed by atoms with Crippen molar-refractivity contribution in [1.82, 2.24) is 19.4 Å². The first-order valence-electron chi connectivity index (χ1n) is 15.1. The maximum atomic E-state index is 13.6. The minimum atomic E-state index is -4.83. The van der Waals surface area contributed by atoms with Crippen LogP contribution in [0.3, 0.4) is 0 Å². The molecule has 2 aromatic heterocycles. The van der Waals surface area contributed by atoms with Crippen LogP contribution in [0.25, 0.3) is 11.2 Å². The van der Waals surface area contributed by atoms with Gasteiger partial charge in [-0.15, -0.1) is 13.2 Å². The monoisotopic (exact) mass is 738 g/mol. The molecular formula is C34H42BrF3N4O4S. The second-order valence-corrected chi connectivity index (χ2v) is 12.8. The second-order valence-electron chi connectivity index (χ2n) is 12.2. The average Bonchev–Trinajstić information content (AvgIpc) is 3.01. The molecule has 1 amide bonds. The van der Waals surface area contributed by atoms with Gasteiger partial charge in [-0.05, 0) is 95.4 Å². The third-order valence-electron chi connectivity index (χ3n) is 7.52. The number of allylic oxidation sites excluding steroid dienone is 3. The van der Waals surface area contributed by atoms with Crippen molar-refractivity contribution in [1.29, 1.82) is 0 Å². The molecule has 1 aliphatic carbocycles. The molecule has 1 fully saturated rings. The summed E-state index contributed by atoms with van der Waals surface area (Å²) in [6, 6.07) is 10.1. The normalized spacial score (nSPS) is 15.1. The van der Waals surface area contributed by atoms with Crippen LogP contribution in [0, 0.1) is 13.8 Å². The molecule has 0 atom stereocenters. The molecule has 0 unspecified atom stereocenters. The number of hydrogen-bond donors (Lipinski definition) is 1. The number of ether oxygens (including phenoxy) is 2. The molecule has 3 heterocycles. The smallest absolute Gasteiger partial charge is 0.444 e. The van der Waals surface area contributed by atoms with E-state index in [-0.39, 0.29) is 29.4 Å². The van der Waals surface area contributed by atoms with E-state index in [0.717, 1.165) is 5.33 Å². The van der Waals surface area contributed by atoms with Crippen molar-refractivity contribution in [3.8, 4) is 0 Å². The van der Waals surface area contributed by atoms with Crippen LogP contribution in [0.1, 0.15) is 68.8 Å². The summed E-state index contributed by atoms with van der Waals surface area (Å²) in [6.07, 6.45) is 0.705. The predicted octanol–water partition coefficient (Wildman–Crippen LogP) is 8.40. The van der Waals surface area contributed by atoms with Crippen molar-refractivity contribution in [3.05, 3.63) is 92.2 Å². The summed E-state index contributed by atoms with van der Waals surface area (Å²) in [4.78, 5) is 36.5. The van der Waals surface area contributed by atoms with Crippen LogP contribution in [-0.4, -0.2) is 56.8 Å². The van der Waals surface area contributed by atoms with E-state index in [9.17, 15) is 22.8 Å². The number of nitrogens with zero attached hydrogens (tertiary/aromatic N) is 4. The van der Waals surface area contributed by atoms with Crippen molar-refractivity contribution < 1.29 is 27.4 Å². The van der Waals surface area contributed by atoms with Crippen molar-refractivity contribution in [2.45, 2.75) is 84.1 Å². The van der Waals surface area contributed by atoms with Crippen LogP contribution in [0.4, 0.5) is 18.0 Å². The first-order valence-corrected chi connectivity index (χ1v) is 17.2. The molecule has 0 radical (unpaired) electrons. The fourth-order valence-electron chi connectivity index (χ4n) is 5.25. The van der Waals surface area contributed by atoms with Crippen LogP contribution in [0.5, 0.6) is 0 Å². The van der Waals surface area contributed by atoms with Crippen molar-refractivity contribution in [2.24, 2.45) is 0 Å². The Morgan fingerprint density at radius 3 is 2.26 bits per heavy atom. The van der Waals surface area contributed by atoms with Gasteiger partial charge in [0, 0.05) is 35.8 Å². The van der Waals surface area contributed by atoms with E-state index in [0.29, 0.717) is 53.9 Å². The maximum Gasteiger partial charge on any atom is 0.573 e. The Kier molecular flexibility index (Phi) is 13.1. The Balaban J connectivity index is 0.000000466. The van der Waals surface area contributed by atoms with Crippen LogP contribution in [-0.2, 0) is 21.3 Å². The highest BCUT2D eigenvalue weighted by atomic mass is 79.9. The number of benzene rings is 1. The minimum Gasteiger partial charge on any atom is -0.444 e. The number of hydrogen-bond acceptors (Lipinski definition) is 7. The van der Waals surface area contributed by atoms with Gasteiger partial charge in [-0.25, -0.2) is 9.78 Å². The molecule has 47 heavy (non-hydrogen) atoms. The molecule has 3 aromatic rings. The van der Waals surface area contributed by atoms with Gasteiger partial charge < -0.3 is 14.4 Å². The molecule has 13 heteroatoms. The van der Waals surface area contributed by atoms with Gasteiger partial charge >= 0.3 is 12.5 Å². The summed E-state index contributed by atoms with van der Waals surface area (Å²) in [6.45, 7) is 11.5. The number of fused-ring (bicyclic) bond motifs is 1.